The van der Waals surface area contributed by atoms with Gasteiger partial charge in [0.05, 0.1) is 6.20 Å². The molecule has 3 N–H and O–H groups in total. The molecule has 0 bridgehead atoms. The SMILES string of the molecule is CC1CCC(Nc2ccc3ncc(NCc4ccc5cc[nH]c5c4)nc3n2)CC1. The number of nitrogens with zero attached hydrogens (tertiary/aromatic N) is 3. The van der Waals surface area contributed by atoms with Crippen LogP contribution in [0.25, 0.3) is 22.1 Å². The molecule has 148 valence electrons. The highest BCUT2D eigenvalue weighted by atomic mass is 15.1. The number of pyridine rings is 1. The zero-order valence-corrected chi connectivity index (χ0v) is 16.7. The highest BCUT2D eigenvalue weighted by Gasteiger charge is 2.18. The summed E-state index contributed by atoms with van der Waals surface area (Å²) in [5, 5.41) is 8.17. The van der Waals surface area contributed by atoms with Crippen LogP contribution in [0.5, 0.6) is 0 Å². The number of aromatic nitrogens is 4. The Morgan fingerprint density at radius 1 is 1.00 bits per heavy atom. The lowest BCUT2D eigenvalue weighted by Gasteiger charge is -2.27. The lowest BCUT2D eigenvalue weighted by atomic mass is 9.87. The summed E-state index contributed by atoms with van der Waals surface area (Å²) in [5.74, 6) is 2.47. The van der Waals surface area contributed by atoms with E-state index in [1.165, 1.54) is 36.6 Å². The van der Waals surface area contributed by atoms with E-state index < -0.39 is 0 Å². The van der Waals surface area contributed by atoms with Crippen molar-refractivity contribution in [1.29, 1.82) is 0 Å². The van der Waals surface area contributed by atoms with Gasteiger partial charge in [0.2, 0.25) is 0 Å². The second kappa shape index (κ2) is 7.70. The molecule has 4 aromatic rings. The lowest BCUT2D eigenvalue weighted by Crippen LogP contribution is -2.25. The Bertz CT molecular complexity index is 1130. The second-order valence-corrected chi connectivity index (χ2v) is 8.15. The Kier molecular flexibility index (Phi) is 4.76. The number of rotatable bonds is 5. The molecule has 1 saturated carbocycles. The first kappa shape index (κ1) is 17.9. The smallest absolute Gasteiger partial charge is 0.182 e. The van der Waals surface area contributed by atoms with Crippen LogP contribution in [-0.2, 0) is 6.54 Å². The van der Waals surface area contributed by atoms with E-state index in [0.717, 1.165) is 28.6 Å². The van der Waals surface area contributed by atoms with Gasteiger partial charge in [0.1, 0.15) is 17.2 Å². The quantitative estimate of drug-likeness (QED) is 0.444. The highest BCUT2D eigenvalue weighted by molar-refractivity contribution is 5.80. The van der Waals surface area contributed by atoms with E-state index in [0.29, 0.717) is 18.2 Å². The van der Waals surface area contributed by atoms with E-state index in [2.05, 4.69) is 56.8 Å². The summed E-state index contributed by atoms with van der Waals surface area (Å²) in [6.45, 7) is 3.03. The Hall–Kier alpha value is -3.15. The first-order valence-corrected chi connectivity index (χ1v) is 10.4. The van der Waals surface area contributed by atoms with Gasteiger partial charge in [0, 0.05) is 24.3 Å². The predicted molar refractivity (Wildman–Crippen MR) is 118 cm³/mol. The van der Waals surface area contributed by atoms with Gasteiger partial charge in [0.15, 0.2) is 5.65 Å². The van der Waals surface area contributed by atoms with Gasteiger partial charge in [-0.25, -0.2) is 15.0 Å². The molecule has 1 aliphatic carbocycles. The summed E-state index contributed by atoms with van der Waals surface area (Å²) in [5.41, 5.74) is 3.82. The van der Waals surface area contributed by atoms with Crippen molar-refractivity contribution in [3.8, 4) is 0 Å². The summed E-state index contributed by atoms with van der Waals surface area (Å²) in [6.07, 6.45) is 8.72. The van der Waals surface area contributed by atoms with Gasteiger partial charge in [-0.2, -0.15) is 0 Å². The van der Waals surface area contributed by atoms with Crippen molar-refractivity contribution >= 4 is 33.7 Å². The third-order valence-corrected chi connectivity index (χ3v) is 5.87. The number of benzene rings is 1. The van der Waals surface area contributed by atoms with Crippen LogP contribution in [0, 0.1) is 5.92 Å². The number of nitrogens with one attached hydrogen (secondary N) is 3. The van der Waals surface area contributed by atoms with Gasteiger partial charge in [-0.1, -0.05) is 19.1 Å². The summed E-state index contributed by atoms with van der Waals surface area (Å²) in [4.78, 5) is 17.1. The van der Waals surface area contributed by atoms with Gasteiger partial charge in [-0.3, -0.25) is 0 Å². The molecular formula is C23H26N6. The number of aromatic amines is 1. The third-order valence-electron chi connectivity index (χ3n) is 5.87. The molecule has 0 amide bonds. The third kappa shape index (κ3) is 4.01. The Morgan fingerprint density at radius 3 is 2.76 bits per heavy atom. The molecule has 5 rings (SSSR count). The van der Waals surface area contributed by atoms with E-state index in [1.807, 2.05) is 18.3 Å². The molecule has 6 nitrogen and oxygen atoms in total. The summed E-state index contributed by atoms with van der Waals surface area (Å²) in [6, 6.07) is 13.0. The fourth-order valence-electron chi connectivity index (χ4n) is 4.07. The van der Waals surface area contributed by atoms with Crippen LogP contribution in [0.1, 0.15) is 38.2 Å². The van der Waals surface area contributed by atoms with Crippen molar-refractivity contribution in [2.75, 3.05) is 10.6 Å². The molecular weight excluding hydrogens is 360 g/mol. The largest absolute Gasteiger partial charge is 0.367 e. The molecule has 1 fully saturated rings. The van der Waals surface area contributed by atoms with Crippen LogP contribution in [0.3, 0.4) is 0 Å². The number of hydrogen-bond donors (Lipinski definition) is 3. The van der Waals surface area contributed by atoms with Crippen LogP contribution >= 0.6 is 0 Å². The van der Waals surface area contributed by atoms with Crippen molar-refractivity contribution in [1.82, 2.24) is 19.9 Å². The number of H-pyrrole nitrogens is 1. The maximum atomic E-state index is 4.71. The van der Waals surface area contributed by atoms with Gasteiger partial charge < -0.3 is 15.6 Å². The fraction of sp³-hybridized carbons (Fsp3) is 0.348. The molecule has 0 saturated heterocycles. The summed E-state index contributed by atoms with van der Waals surface area (Å²) >= 11 is 0. The molecule has 0 radical (unpaired) electrons. The van der Waals surface area contributed by atoms with Crippen molar-refractivity contribution in [2.24, 2.45) is 5.92 Å². The molecule has 1 aromatic carbocycles. The molecule has 0 spiro atoms. The zero-order valence-electron chi connectivity index (χ0n) is 16.7. The monoisotopic (exact) mass is 386 g/mol. The van der Waals surface area contributed by atoms with E-state index in [9.17, 15) is 0 Å². The lowest BCUT2D eigenvalue weighted by molar-refractivity contribution is 0.361. The fourth-order valence-corrected chi connectivity index (χ4v) is 4.07. The Morgan fingerprint density at radius 2 is 1.86 bits per heavy atom. The van der Waals surface area contributed by atoms with Crippen LogP contribution in [0.2, 0.25) is 0 Å². The molecule has 6 heteroatoms. The van der Waals surface area contributed by atoms with E-state index in [4.69, 9.17) is 4.98 Å². The van der Waals surface area contributed by atoms with E-state index in [1.54, 1.807) is 6.20 Å². The van der Waals surface area contributed by atoms with Crippen LogP contribution in [0.4, 0.5) is 11.6 Å². The van der Waals surface area contributed by atoms with Crippen LogP contribution in [0.15, 0.2) is 48.8 Å². The van der Waals surface area contributed by atoms with Gasteiger partial charge in [-0.05, 0) is 66.8 Å². The van der Waals surface area contributed by atoms with Crippen molar-refractivity contribution in [3.05, 3.63) is 54.4 Å². The second-order valence-electron chi connectivity index (χ2n) is 8.15. The summed E-state index contributed by atoms with van der Waals surface area (Å²) < 4.78 is 0. The maximum Gasteiger partial charge on any atom is 0.182 e. The molecule has 29 heavy (non-hydrogen) atoms. The van der Waals surface area contributed by atoms with Crippen molar-refractivity contribution in [3.63, 3.8) is 0 Å². The molecule has 0 unspecified atom stereocenters. The number of fused-ring (bicyclic) bond motifs is 2. The van der Waals surface area contributed by atoms with Crippen molar-refractivity contribution in [2.45, 2.75) is 45.2 Å². The topological polar surface area (TPSA) is 78.5 Å². The molecule has 1 aliphatic rings. The highest BCUT2D eigenvalue weighted by Crippen LogP contribution is 2.26. The van der Waals surface area contributed by atoms with E-state index in [-0.39, 0.29) is 0 Å². The Labute approximate surface area is 170 Å². The zero-order chi connectivity index (χ0) is 19.6. The van der Waals surface area contributed by atoms with Crippen LogP contribution < -0.4 is 10.6 Å². The molecule has 0 aliphatic heterocycles. The molecule has 0 atom stereocenters. The number of hydrogen-bond acceptors (Lipinski definition) is 5. The first-order chi connectivity index (χ1) is 14.2. The van der Waals surface area contributed by atoms with Gasteiger partial charge >= 0.3 is 0 Å². The minimum absolute atomic E-state index is 0.508. The van der Waals surface area contributed by atoms with Gasteiger partial charge in [-0.15, -0.1) is 0 Å². The average Bonchev–Trinajstić information content (AvgIpc) is 3.21. The number of anilines is 2. The van der Waals surface area contributed by atoms with Crippen molar-refractivity contribution < 1.29 is 0 Å². The minimum Gasteiger partial charge on any atom is -0.367 e. The average molecular weight is 387 g/mol. The van der Waals surface area contributed by atoms with Gasteiger partial charge in [0.25, 0.3) is 0 Å². The Balaban J connectivity index is 1.29. The van der Waals surface area contributed by atoms with Crippen LogP contribution in [-0.4, -0.2) is 26.0 Å². The van der Waals surface area contributed by atoms with E-state index >= 15 is 0 Å². The maximum absolute atomic E-state index is 4.71. The standard InChI is InChI=1S/C23H26N6/c1-15-2-6-18(7-3-15)27-21-9-8-19-23(28-21)29-22(14-25-19)26-13-16-4-5-17-10-11-24-20(17)12-16/h4-5,8-12,14-15,18,24H,2-3,6-7,13H2,1H3,(H2,26,27,28,29). The molecule has 3 heterocycles. The predicted octanol–water partition coefficient (Wildman–Crippen LogP) is 5.11. The summed E-state index contributed by atoms with van der Waals surface area (Å²) in [7, 11) is 0. The first-order valence-electron chi connectivity index (χ1n) is 10.4. The molecule has 3 aromatic heterocycles. The normalized spacial score (nSPS) is 19.5. The minimum atomic E-state index is 0.508.